The van der Waals surface area contributed by atoms with Crippen molar-refractivity contribution in [2.75, 3.05) is 0 Å². The minimum Gasteiger partial charge on any atom is -0.399 e. The molecule has 0 aromatic carbocycles. The Morgan fingerprint density at radius 2 is 2.30 bits per heavy atom. The van der Waals surface area contributed by atoms with Gasteiger partial charge in [0.15, 0.2) is 0 Å². The first kappa shape index (κ1) is 5.59. The highest BCUT2D eigenvalue weighted by molar-refractivity contribution is 5.30. The van der Waals surface area contributed by atoms with Crippen LogP contribution < -0.4 is 11.1 Å². The molecule has 2 aliphatic rings. The van der Waals surface area contributed by atoms with Crippen LogP contribution in [0.25, 0.3) is 0 Å². The monoisotopic (exact) mass is 134 g/mol. The van der Waals surface area contributed by atoms with Gasteiger partial charge in [0.25, 0.3) is 0 Å². The molecular weight excluding hydrogens is 124 g/mol. The third-order valence-corrected chi connectivity index (χ3v) is 1.90. The fourth-order valence-corrected chi connectivity index (χ4v) is 1.34. The van der Waals surface area contributed by atoms with Gasteiger partial charge in [0.05, 0.1) is 6.04 Å². The van der Waals surface area contributed by atoms with Gasteiger partial charge in [-0.15, -0.1) is 0 Å². The molecule has 0 fully saturated rings. The van der Waals surface area contributed by atoms with Crippen LogP contribution >= 0.6 is 0 Å². The molecule has 0 saturated heterocycles. The summed E-state index contributed by atoms with van der Waals surface area (Å²) < 4.78 is 0. The fourth-order valence-electron chi connectivity index (χ4n) is 1.34. The molecule has 52 valence electrons. The maximum Gasteiger partial charge on any atom is 0.0559 e. The summed E-state index contributed by atoms with van der Waals surface area (Å²) >= 11 is 0. The Morgan fingerprint density at radius 1 is 1.40 bits per heavy atom. The van der Waals surface area contributed by atoms with Gasteiger partial charge in [0.1, 0.15) is 0 Å². The number of hydrogen-bond acceptors (Lipinski definition) is 2. The van der Waals surface area contributed by atoms with Gasteiger partial charge in [0, 0.05) is 11.6 Å². The number of nitrogens with two attached hydrogens (primary N) is 1. The SMILES string of the molecule is NC1=CC2NC=CC2C=C1. The smallest absolute Gasteiger partial charge is 0.0559 e. The van der Waals surface area contributed by atoms with E-state index < -0.39 is 0 Å². The summed E-state index contributed by atoms with van der Waals surface area (Å²) in [6, 6.07) is 0.407. The molecular formula is C8H10N2. The highest BCUT2D eigenvalue weighted by atomic mass is 14.9. The highest BCUT2D eigenvalue weighted by Gasteiger charge is 2.19. The molecule has 2 atom stereocenters. The lowest BCUT2D eigenvalue weighted by molar-refractivity contribution is 0.644. The molecule has 3 N–H and O–H groups in total. The summed E-state index contributed by atoms with van der Waals surface area (Å²) in [6.07, 6.45) is 10.2. The Hall–Kier alpha value is -1.18. The summed E-state index contributed by atoms with van der Waals surface area (Å²) in [5.74, 6) is 0.521. The van der Waals surface area contributed by atoms with Crippen LogP contribution in [-0.2, 0) is 0 Å². The van der Waals surface area contributed by atoms with Crippen molar-refractivity contribution in [3.05, 3.63) is 36.2 Å². The van der Waals surface area contributed by atoms with Crippen molar-refractivity contribution < 1.29 is 0 Å². The average molecular weight is 134 g/mol. The molecule has 2 rings (SSSR count). The molecule has 1 heterocycles. The van der Waals surface area contributed by atoms with Crippen molar-refractivity contribution in [2.24, 2.45) is 11.7 Å². The minimum absolute atomic E-state index is 0.407. The van der Waals surface area contributed by atoms with E-state index in [0.29, 0.717) is 12.0 Å². The standard InChI is InChI=1S/C8H10N2/c9-7-2-1-6-3-4-10-8(6)5-7/h1-6,8,10H,9H2. The zero-order valence-electron chi connectivity index (χ0n) is 5.62. The van der Waals surface area contributed by atoms with E-state index in [1.54, 1.807) is 0 Å². The lowest BCUT2D eigenvalue weighted by atomic mass is 9.97. The third-order valence-electron chi connectivity index (χ3n) is 1.90. The molecule has 0 radical (unpaired) electrons. The van der Waals surface area contributed by atoms with Crippen LogP contribution in [0, 0.1) is 5.92 Å². The second-order valence-corrected chi connectivity index (χ2v) is 2.65. The molecule has 0 aromatic rings. The van der Waals surface area contributed by atoms with Gasteiger partial charge in [-0.2, -0.15) is 0 Å². The number of rotatable bonds is 0. The number of hydrogen-bond donors (Lipinski definition) is 2. The highest BCUT2D eigenvalue weighted by Crippen LogP contribution is 2.19. The topological polar surface area (TPSA) is 38.0 Å². The lowest BCUT2D eigenvalue weighted by Gasteiger charge is -2.16. The zero-order valence-corrected chi connectivity index (χ0v) is 5.62. The lowest BCUT2D eigenvalue weighted by Crippen LogP contribution is -2.26. The molecule has 0 saturated carbocycles. The van der Waals surface area contributed by atoms with E-state index in [4.69, 9.17) is 5.73 Å². The number of nitrogens with one attached hydrogen (secondary N) is 1. The van der Waals surface area contributed by atoms with Gasteiger partial charge in [-0.3, -0.25) is 0 Å². The third kappa shape index (κ3) is 0.727. The zero-order chi connectivity index (χ0) is 6.97. The summed E-state index contributed by atoms with van der Waals surface area (Å²) in [5.41, 5.74) is 6.46. The Balaban J connectivity index is 2.25. The Bertz CT molecular complexity index is 225. The summed E-state index contributed by atoms with van der Waals surface area (Å²) in [6.45, 7) is 0. The van der Waals surface area contributed by atoms with E-state index in [1.807, 2.05) is 18.4 Å². The summed E-state index contributed by atoms with van der Waals surface area (Å²) in [4.78, 5) is 0. The van der Waals surface area contributed by atoms with Crippen molar-refractivity contribution in [2.45, 2.75) is 6.04 Å². The van der Waals surface area contributed by atoms with E-state index in [-0.39, 0.29) is 0 Å². The molecule has 0 spiro atoms. The van der Waals surface area contributed by atoms with Crippen LogP contribution in [0.3, 0.4) is 0 Å². The summed E-state index contributed by atoms with van der Waals surface area (Å²) in [5, 5.41) is 3.20. The van der Waals surface area contributed by atoms with E-state index >= 15 is 0 Å². The molecule has 2 nitrogen and oxygen atoms in total. The largest absolute Gasteiger partial charge is 0.399 e. The average Bonchev–Trinajstić information content (AvgIpc) is 2.33. The molecule has 0 amide bonds. The van der Waals surface area contributed by atoms with Crippen molar-refractivity contribution in [3.63, 3.8) is 0 Å². The van der Waals surface area contributed by atoms with Crippen LogP contribution in [0.4, 0.5) is 0 Å². The Morgan fingerprint density at radius 3 is 3.20 bits per heavy atom. The van der Waals surface area contributed by atoms with Crippen molar-refractivity contribution in [1.29, 1.82) is 0 Å². The molecule has 2 heteroatoms. The predicted molar refractivity (Wildman–Crippen MR) is 41.0 cm³/mol. The second-order valence-electron chi connectivity index (χ2n) is 2.65. The fraction of sp³-hybridized carbons (Fsp3) is 0.250. The van der Waals surface area contributed by atoms with Crippen molar-refractivity contribution in [3.8, 4) is 0 Å². The van der Waals surface area contributed by atoms with Crippen LogP contribution in [-0.4, -0.2) is 6.04 Å². The summed E-state index contributed by atoms with van der Waals surface area (Å²) in [7, 11) is 0. The van der Waals surface area contributed by atoms with E-state index in [2.05, 4.69) is 17.5 Å². The van der Waals surface area contributed by atoms with E-state index in [9.17, 15) is 0 Å². The molecule has 1 aliphatic heterocycles. The number of allylic oxidation sites excluding steroid dienone is 1. The van der Waals surface area contributed by atoms with Gasteiger partial charge in [-0.1, -0.05) is 12.2 Å². The van der Waals surface area contributed by atoms with Crippen molar-refractivity contribution in [1.82, 2.24) is 5.32 Å². The first-order chi connectivity index (χ1) is 4.86. The second kappa shape index (κ2) is 1.90. The van der Waals surface area contributed by atoms with Crippen LogP contribution in [0.15, 0.2) is 36.2 Å². The minimum atomic E-state index is 0.407. The van der Waals surface area contributed by atoms with Crippen molar-refractivity contribution >= 4 is 0 Å². The molecule has 2 unspecified atom stereocenters. The molecule has 10 heavy (non-hydrogen) atoms. The number of fused-ring (bicyclic) bond motifs is 1. The first-order valence-corrected chi connectivity index (χ1v) is 3.44. The van der Waals surface area contributed by atoms with Crippen LogP contribution in [0.1, 0.15) is 0 Å². The van der Waals surface area contributed by atoms with Gasteiger partial charge in [-0.05, 0) is 18.4 Å². The molecule has 0 aromatic heterocycles. The van der Waals surface area contributed by atoms with E-state index in [1.165, 1.54) is 0 Å². The van der Waals surface area contributed by atoms with Gasteiger partial charge in [-0.25, -0.2) is 0 Å². The van der Waals surface area contributed by atoms with E-state index in [0.717, 1.165) is 5.70 Å². The van der Waals surface area contributed by atoms with Crippen LogP contribution in [0.5, 0.6) is 0 Å². The molecule has 0 bridgehead atoms. The first-order valence-electron chi connectivity index (χ1n) is 3.44. The van der Waals surface area contributed by atoms with Gasteiger partial charge < -0.3 is 11.1 Å². The maximum absolute atomic E-state index is 5.60. The molecule has 1 aliphatic carbocycles. The Kier molecular flexibility index (Phi) is 1.07. The quantitative estimate of drug-likeness (QED) is 0.506. The Labute approximate surface area is 60.1 Å². The van der Waals surface area contributed by atoms with Gasteiger partial charge in [0.2, 0.25) is 0 Å². The normalized spacial score (nSPS) is 35.0. The predicted octanol–water partition coefficient (Wildman–Crippen LogP) is 0.500. The maximum atomic E-state index is 5.60. The van der Waals surface area contributed by atoms with Gasteiger partial charge >= 0.3 is 0 Å². The van der Waals surface area contributed by atoms with Crippen LogP contribution in [0.2, 0.25) is 0 Å².